The van der Waals surface area contributed by atoms with Gasteiger partial charge in [0.15, 0.2) is 0 Å². The number of carbonyl (C=O) groups excluding carboxylic acids is 1. The minimum absolute atomic E-state index is 0.0666. The fourth-order valence-corrected chi connectivity index (χ4v) is 4.56. The van der Waals surface area contributed by atoms with Gasteiger partial charge in [0.25, 0.3) is 10.1 Å². The SMILES string of the molecule is CCC.CCC(C)CC(C)=O.Cc1ccc(Oc2ncnc3ccn(C)c23)cc1F.Cc1ccc(S(=O)(=O)O)cc1.Cc1cccc(C(F)(F)F)c1. The molecule has 5 aromatic rings. The Balaban J connectivity index is 0.000000357. The van der Waals surface area contributed by atoms with Crippen LogP contribution in [-0.2, 0) is 28.1 Å². The number of carbonyl (C=O) groups is 1. The topological polar surface area (TPSA) is 111 Å². The molecule has 2 aromatic heterocycles. The van der Waals surface area contributed by atoms with Crippen molar-refractivity contribution in [2.45, 2.75) is 85.7 Å². The number of alkyl halides is 3. The molecule has 8 nitrogen and oxygen atoms in total. The summed E-state index contributed by atoms with van der Waals surface area (Å²) in [6.45, 7) is 15.3. The summed E-state index contributed by atoms with van der Waals surface area (Å²) in [5, 5.41) is 0. The molecule has 0 fully saturated rings. The predicted octanol–water partition coefficient (Wildman–Crippen LogP) is 10.9. The molecular formula is C39H49F4N3O5S. The number of aryl methyl sites for hydroxylation is 4. The molecular weight excluding hydrogens is 699 g/mol. The number of rotatable bonds is 6. The van der Waals surface area contributed by atoms with E-state index in [1.165, 1.54) is 37.0 Å². The van der Waals surface area contributed by atoms with Gasteiger partial charge >= 0.3 is 6.18 Å². The van der Waals surface area contributed by atoms with E-state index in [0.29, 0.717) is 34.5 Å². The normalized spacial score (nSPS) is 11.3. The average Bonchev–Trinajstić information content (AvgIpc) is 3.44. The van der Waals surface area contributed by atoms with Crippen LogP contribution in [0.4, 0.5) is 17.6 Å². The molecule has 1 N–H and O–H groups in total. The molecule has 0 aliphatic heterocycles. The van der Waals surface area contributed by atoms with Gasteiger partial charge in [-0.15, -0.1) is 0 Å². The van der Waals surface area contributed by atoms with Gasteiger partial charge in [0, 0.05) is 25.7 Å². The lowest BCUT2D eigenvalue weighted by atomic mass is 10.0. The maximum Gasteiger partial charge on any atom is 0.416 e. The zero-order valence-corrected chi connectivity index (χ0v) is 31.9. The molecule has 0 aliphatic carbocycles. The molecule has 52 heavy (non-hydrogen) atoms. The molecule has 0 spiro atoms. The molecule has 3 aromatic carbocycles. The van der Waals surface area contributed by atoms with E-state index in [0.717, 1.165) is 41.6 Å². The number of hydrogen-bond acceptors (Lipinski definition) is 6. The molecule has 2 heterocycles. The van der Waals surface area contributed by atoms with Crippen molar-refractivity contribution in [1.29, 1.82) is 0 Å². The van der Waals surface area contributed by atoms with Crippen molar-refractivity contribution in [2.24, 2.45) is 13.0 Å². The number of halogens is 4. The van der Waals surface area contributed by atoms with E-state index in [9.17, 15) is 30.8 Å². The summed E-state index contributed by atoms with van der Waals surface area (Å²) in [4.78, 5) is 18.6. The first-order valence-electron chi connectivity index (χ1n) is 16.6. The van der Waals surface area contributed by atoms with Crippen LogP contribution in [0.25, 0.3) is 11.0 Å². The Morgan fingerprint density at radius 1 is 0.923 bits per heavy atom. The summed E-state index contributed by atoms with van der Waals surface area (Å²) in [5.74, 6) is 1.42. The third-order valence-electron chi connectivity index (χ3n) is 6.98. The molecule has 13 heteroatoms. The molecule has 0 radical (unpaired) electrons. The monoisotopic (exact) mass is 747 g/mol. The Morgan fingerprint density at radius 2 is 1.54 bits per heavy atom. The van der Waals surface area contributed by atoms with Gasteiger partial charge in [-0.25, -0.2) is 9.37 Å². The number of hydrogen-bond donors (Lipinski definition) is 1. The van der Waals surface area contributed by atoms with E-state index >= 15 is 0 Å². The molecule has 0 aliphatic rings. The third-order valence-corrected chi connectivity index (χ3v) is 7.85. The minimum atomic E-state index is -4.22. The second-order valence-corrected chi connectivity index (χ2v) is 13.6. The maximum absolute atomic E-state index is 13.5. The second kappa shape index (κ2) is 21.7. The van der Waals surface area contributed by atoms with Gasteiger partial charge in [-0.2, -0.15) is 26.6 Å². The van der Waals surface area contributed by atoms with E-state index in [-0.39, 0.29) is 10.7 Å². The lowest BCUT2D eigenvalue weighted by Gasteiger charge is -2.07. The Labute approximate surface area is 304 Å². The highest BCUT2D eigenvalue weighted by Crippen LogP contribution is 2.29. The molecule has 1 atom stereocenters. The van der Waals surface area contributed by atoms with Gasteiger partial charge < -0.3 is 14.1 Å². The van der Waals surface area contributed by atoms with Crippen molar-refractivity contribution in [2.75, 3.05) is 0 Å². The zero-order valence-electron chi connectivity index (χ0n) is 31.1. The van der Waals surface area contributed by atoms with Gasteiger partial charge in [0.2, 0.25) is 5.88 Å². The average molecular weight is 748 g/mol. The van der Waals surface area contributed by atoms with E-state index in [1.807, 2.05) is 30.8 Å². The van der Waals surface area contributed by atoms with E-state index < -0.39 is 21.9 Å². The van der Waals surface area contributed by atoms with Crippen molar-refractivity contribution in [1.82, 2.24) is 14.5 Å². The van der Waals surface area contributed by atoms with Crippen molar-refractivity contribution in [3.05, 3.63) is 113 Å². The molecule has 284 valence electrons. The number of aromatic nitrogens is 3. The van der Waals surface area contributed by atoms with Gasteiger partial charge in [-0.05, 0) is 69.5 Å². The predicted molar refractivity (Wildman–Crippen MR) is 198 cm³/mol. The van der Waals surface area contributed by atoms with Crippen molar-refractivity contribution in [3.8, 4) is 11.6 Å². The van der Waals surface area contributed by atoms with Crippen LogP contribution in [-0.4, -0.2) is 33.3 Å². The molecule has 0 amide bonds. The number of ether oxygens (including phenoxy) is 1. The van der Waals surface area contributed by atoms with Crippen LogP contribution in [0, 0.1) is 32.5 Å². The van der Waals surface area contributed by atoms with Crippen LogP contribution in [0.5, 0.6) is 11.6 Å². The summed E-state index contributed by atoms with van der Waals surface area (Å²) in [6.07, 6.45) is 2.20. The minimum Gasteiger partial charge on any atom is -0.437 e. The van der Waals surface area contributed by atoms with Gasteiger partial charge in [-0.1, -0.05) is 88.1 Å². The highest BCUT2D eigenvalue weighted by atomic mass is 32.2. The number of ketones is 1. The summed E-state index contributed by atoms with van der Waals surface area (Å²) >= 11 is 0. The van der Waals surface area contributed by atoms with Gasteiger partial charge in [0.1, 0.15) is 29.2 Å². The first-order valence-corrected chi connectivity index (χ1v) is 18.0. The second-order valence-electron chi connectivity index (χ2n) is 12.1. The van der Waals surface area contributed by atoms with Crippen LogP contribution < -0.4 is 4.74 Å². The Bertz CT molecular complexity index is 1940. The lowest BCUT2D eigenvalue weighted by Crippen LogP contribution is -2.04. The van der Waals surface area contributed by atoms with Crippen LogP contribution in [0.15, 0.2) is 90.2 Å². The first-order chi connectivity index (χ1) is 24.2. The lowest BCUT2D eigenvalue weighted by molar-refractivity contribution is -0.137. The fourth-order valence-electron chi connectivity index (χ4n) is 4.08. The summed E-state index contributed by atoms with van der Waals surface area (Å²) < 4.78 is 86.5. The van der Waals surface area contributed by atoms with Crippen LogP contribution in [0.2, 0.25) is 0 Å². The molecule has 0 bridgehead atoms. The van der Waals surface area contributed by atoms with E-state index in [2.05, 4.69) is 37.7 Å². The highest BCUT2D eigenvalue weighted by molar-refractivity contribution is 7.85. The molecule has 1 unspecified atom stereocenters. The van der Waals surface area contributed by atoms with Crippen molar-refractivity contribution < 1.29 is 40.1 Å². The standard InChI is InChI=1S/C14H12FN3O.C8H7F3.C7H8O3S.C7H14O.C3H8/c1-9-3-4-10(7-11(9)15)19-14-13-12(16-8-17-14)5-6-18(13)2;1-6-3-2-4-7(5-6)8(9,10)11;1-6-2-4-7(5-3-6)11(8,9)10;1-4-6(2)5-7(3)8;1-3-2/h3-8H,1-2H3;2-5H,1H3;2-5H,1H3,(H,8,9,10);6H,4-5H2,1-3H3;3H2,1-2H3. The Morgan fingerprint density at radius 3 is 2.00 bits per heavy atom. The number of Topliss-reactive ketones (excluding diaryl/α,β-unsaturated/α-hetero) is 1. The Kier molecular flexibility index (Phi) is 18.9. The highest BCUT2D eigenvalue weighted by Gasteiger charge is 2.29. The van der Waals surface area contributed by atoms with Crippen LogP contribution >= 0.6 is 0 Å². The van der Waals surface area contributed by atoms with Gasteiger partial charge in [0.05, 0.1) is 16.0 Å². The van der Waals surface area contributed by atoms with E-state index in [4.69, 9.17) is 9.29 Å². The molecule has 0 saturated carbocycles. The third kappa shape index (κ3) is 16.6. The number of benzene rings is 3. The maximum atomic E-state index is 13.5. The van der Waals surface area contributed by atoms with Crippen LogP contribution in [0.1, 0.15) is 76.1 Å². The number of nitrogens with zero attached hydrogens (tertiary/aromatic N) is 3. The van der Waals surface area contributed by atoms with E-state index in [1.54, 1.807) is 51.1 Å². The Hall–Kier alpha value is -4.62. The zero-order chi connectivity index (χ0) is 39.6. The largest absolute Gasteiger partial charge is 0.437 e. The van der Waals surface area contributed by atoms with Gasteiger partial charge in [-0.3, -0.25) is 4.55 Å². The van der Waals surface area contributed by atoms with Crippen molar-refractivity contribution >= 4 is 26.9 Å². The van der Waals surface area contributed by atoms with Crippen molar-refractivity contribution in [3.63, 3.8) is 0 Å². The smallest absolute Gasteiger partial charge is 0.416 e. The fraction of sp³-hybridized carbons (Fsp3) is 0.359. The first kappa shape index (κ1) is 45.4. The molecule has 0 saturated heterocycles. The summed E-state index contributed by atoms with van der Waals surface area (Å²) in [6, 6.07) is 17.8. The summed E-state index contributed by atoms with van der Waals surface area (Å²) in [5.41, 5.74) is 3.15. The molecule has 5 rings (SSSR count). The van der Waals surface area contributed by atoms with Crippen LogP contribution in [0.3, 0.4) is 0 Å². The quantitative estimate of drug-likeness (QED) is 0.136. The number of fused-ring (bicyclic) bond motifs is 1. The summed E-state index contributed by atoms with van der Waals surface area (Å²) in [7, 11) is -2.14.